The average molecular weight is 237 g/mol. The molecule has 1 heterocycles. The molecule has 18 heavy (non-hydrogen) atoms. The summed E-state index contributed by atoms with van der Waals surface area (Å²) in [5.74, 6) is -0.0119. The van der Waals surface area contributed by atoms with Crippen LogP contribution in [0, 0.1) is 0 Å². The Morgan fingerprint density at radius 1 is 1.17 bits per heavy atom. The van der Waals surface area contributed by atoms with Crippen LogP contribution in [0.1, 0.15) is 5.56 Å². The van der Waals surface area contributed by atoms with Crippen LogP contribution in [0.15, 0.2) is 71.0 Å². The first kappa shape index (κ1) is 10.7. The largest absolute Gasteiger partial charge is 0.483 e. The molecule has 3 rings (SSSR count). The van der Waals surface area contributed by atoms with Crippen LogP contribution < -0.4 is 0 Å². The fraction of sp³-hybridized carbons (Fsp3) is 0.0667. The highest BCUT2D eigenvalue weighted by Gasteiger charge is 2.20. The molecule has 1 aromatic rings. The van der Waals surface area contributed by atoms with E-state index in [9.17, 15) is 4.79 Å². The number of allylic oxidation sites excluding steroid dienone is 5. The zero-order valence-corrected chi connectivity index (χ0v) is 9.67. The van der Waals surface area contributed by atoms with Crippen LogP contribution >= 0.6 is 0 Å². The summed E-state index contributed by atoms with van der Waals surface area (Å²) in [5.41, 5.74) is 2.67. The Hall–Kier alpha value is -2.42. The van der Waals surface area contributed by atoms with Gasteiger partial charge in [-0.05, 0) is 17.7 Å². The lowest BCUT2D eigenvalue weighted by molar-refractivity contribution is -0.117. The Morgan fingerprint density at radius 2 is 2.00 bits per heavy atom. The monoisotopic (exact) mass is 237 g/mol. The lowest BCUT2D eigenvalue weighted by Crippen LogP contribution is -2.13. The molecule has 0 aromatic heterocycles. The van der Waals surface area contributed by atoms with Gasteiger partial charge in [-0.3, -0.25) is 4.79 Å². The summed E-state index contributed by atoms with van der Waals surface area (Å²) in [5, 5.41) is 0. The number of hydrogen-bond acceptors (Lipinski definition) is 2. The molecule has 0 unspecified atom stereocenters. The Morgan fingerprint density at radius 3 is 2.83 bits per heavy atom. The van der Waals surface area contributed by atoms with Crippen molar-refractivity contribution in [2.24, 2.45) is 4.99 Å². The predicted molar refractivity (Wildman–Crippen MR) is 69.0 cm³/mol. The molecule has 3 nitrogen and oxygen atoms in total. The van der Waals surface area contributed by atoms with Crippen molar-refractivity contribution in [3.8, 4) is 0 Å². The van der Waals surface area contributed by atoms with E-state index < -0.39 is 0 Å². The number of nitrogens with zero attached hydrogens (tertiary/aromatic N) is 1. The normalized spacial score (nSPS) is 16.9. The Bertz CT molecular complexity index is 607. The third-order valence-corrected chi connectivity index (χ3v) is 2.78. The molecule has 0 fully saturated rings. The van der Waals surface area contributed by atoms with E-state index in [1.807, 2.05) is 48.6 Å². The molecule has 0 saturated carbocycles. The lowest BCUT2D eigenvalue weighted by Gasteiger charge is -2.12. The third-order valence-electron chi connectivity index (χ3n) is 2.78. The maximum Gasteiger partial charge on any atom is 0.312 e. The van der Waals surface area contributed by atoms with Crippen LogP contribution in [-0.4, -0.2) is 11.6 Å². The highest BCUT2D eigenvalue weighted by atomic mass is 16.5. The van der Waals surface area contributed by atoms with Gasteiger partial charge in [0.05, 0.1) is 5.71 Å². The standard InChI is InChI=1S/C15H11NO2/c17-15-14(9-12-7-4-8-13(12)16-15)18-10-11-5-2-1-3-6-11/h1-9H,10H2. The van der Waals surface area contributed by atoms with Crippen molar-refractivity contribution in [3.63, 3.8) is 0 Å². The second-order valence-electron chi connectivity index (χ2n) is 4.07. The second kappa shape index (κ2) is 4.45. The highest BCUT2D eigenvalue weighted by Crippen LogP contribution is 2.20. The number of aliphatic imine (C=N–C) groups is 1. The summed E-state index contributed by atoms with van der Waals surface area (Å²) in [6.45, 7) is 0.379. The molecule has 0 N–H and O–H groups in total. The Kier molecular flexibility index (Phi) is 2.65. The summed E-state index contributed by atoms with van der Waals surface area (Å²) < 4.78 is 5.53. The summed E-state index contributed by atoms with van der Waals surface area (Å²) in [7, 11) is 0. The molecule has 0 atom stereocenters. The topological polar surface area (TPSA) is 38.7 Å². The Labute approximate surface area is 105 Å². The van der Waals surface area contributed by atoms with Crippen molar-refractivity contribution in [1.82, 2.24) is 0 Å². The molecule has 1 aliphatic carbocycles. The quantitative estimate of drug-likeness (QED) is 0.810. The van der Waals surface area contributed by atoms with Gasteiger partial charge in [-0.2, -0.15) is 0 Å². The van der Waals surface area contributed by atoms with Gasteiger partial charge in [0.15, 0.2) is 5.76 Å². The van der Waals surface area contributed by atoms with Crippen molar-refractivity contribution >= 4 is 11.6 Å². The molecule has 1 amide bonds. The van der Waals surface area contributed by atoms with Crippen LogP contribution in [0.4, 0.5) is 0 Å². The smallest absolute Gasteiger partial charge is 0.312 e. The summed E-state index contributed by atoms with van der Waals surface area (Å²) in [4.78, 5) is 15.7. The van der Waals surface area contributed by atoms with Gasteiger partial charge in [-0.1, -0.05) is 42.5 Å². The van der Waals surface area contributed by atoms with Gasteiger partial charge in [0.2, 0.25) is 0 Å². The van der Waals surface area contributed by atoms with E-state index >= 15 is 0 Å². The fourth-order valence-corrected chi connectivity index (χ4v) is 1.85. The summed E-state index contributed by atoms with van der Waals surface area (Å²) in [6.07, 6.45) is 7.35. The summed E-state index contributed by atoms with van der Waals surface area (Å²) >= 11 is 0. The molecule has 1 aliphatic heterocycles. The first-order valence-corrected chi connectivity index (χ1v) is 5.73. The van der Waals surface area contributed by atoms with E-state index in [0.29, 0.717) is 18.1 Å². The van der Waals surface area contributed by atoms with Gasteiger partial charge in [-0.25, -0.2) is 4.99 Å². The van der Waals surface area contributed by atoms with Gasteiger partial charge in [-0.15, -0.1) is 0 Å². The minimum Gasteiger partial charge on any atom is -0.483 e. The van der Waals surface area contributed by atoms with Gasteiger partial charge < -0.3 is 4.74 Å². The molecule has 1 aromatic carbocycles. The zero-order chi connectivity index (χ0) is 12.4. The van der Waals surface area contributed by atoms with Crippen LogP contribution in [0.25, 0.3) is 0 Å². The van der Waals surface area contributed by atoms with Gasteiger partial charge in [0.25, 0.3) is 0 Å². The van der Waals surface area contributed by atoms with Crippen molar-refractivity contribution in [1.29, 1.82) is 0 Å². The number of ether oxygens (including phenoxy) is 1. The van der Waals surface area contributed by atoms with Crippen LogP contribution in [0.3, 0.4) is 0 Å². The van der Waals surface area contributed by atoms with E-state index in [1.54, 1.807) is 6.08 Å². The SMILES string of the molecule is O=C1N=C2C=CC=C2C=C1OCc1ccccc1. The number of fused-ring (bicyclic) bond motifs is 1. The number of carbonyl (C=O) groups excluding carboxylic acids is 1. The molecule has 2 aliphatic rings. The number of rotatable bonds is 3. The van der Waals surface area contributed by atoms with E-state index in [-0.39, 0.29) is 5.91 Å². The molecule has 3 heteroatoms. The number of benzene rings is 1. The molecular weight excluding hydrogens is 226 g/mol. The van der Waals surface area contributed by atoms with Crippen molar-refractivity contribution < 1.29 is 9.53 Å². The van der Waals surface area contributed by atoms with Gasteiger partial charge >= 0.3 is 5.91 Å². The van der Waals surface area contributed by atoms with Crippen molar-refractivity contribution in [3.05, 3.63) is 71.5 Å². The van der Waals surface area contributed by atoms with E-state index in [1.165, 1.54) is 0 Å². The first-order chi connectivity index (χ1) is 8.83. The lowest BCUT2D eigenvalue weighted by atomic mass is 10.1. The molecule has 0 bridgehead atoms. The van der Waals surface area contributed by atoms with Crippen LogP contribution in [0.5, 0.6) is 0 Å². The third kappa shape index (κ3) is 2.02. The molecule has 0 radical (unpaired) electrons. The number of dihydropyridines is 1. The maximum atomic E-state index is 11.7. The number of hydrogen-bond donors (Lipinski definition) is 0. The zero-order valence-electron chi connectivity index (χ0n) is 9.67. The maximum absolute atomic E-state index is 11.7. The number of carbonyl (C=O) groups is 1. The minimum absolute atomic E-state index is 0.303. The first-order valence-electron chi connectivity index (χ1n) is 5.73. The van der Waals surface area contributed by atoms with Crippen LogP contribution in [0.2, 0.25) is 0 Å². The van der Waals surface area contributed by atoms with Crippen molar-refractivity contribution in [2.75, 3.05) is 0 Å². The predicted octanol–water partition coefficient (Wildman–Crippen LogP) is 2.56. The Balaban J connectivity index is 1.73. The van der Waals surface area contributed by atoms with Gasteiger partial charge in [0.1, 0.15) is 6.61 Å². The average Bonchev–Trinajstić information content (AvgIpc) is 2.84. The van der Waals surface area contributed by atoms with E-state index in [4.69, 9.17) is 4.74 Å². The summed E-state index contributed by atoms with van der Waals surface area (Å²) in [6, 6.07) is 9.74. The second-order valence-corrected chi connectivity index (χ2v) is 4.07. The molecular formula is C15H11NO2. The molecule has 88 valence electrons. The van der Waals surface area contributed by atoms with Crippen LogP contribution in [-0.2, 0) is 16.1 Å². The van der Waals surface area contributed by atoms with E-state index in [0.717, 1.165) is 11.1 Å². The number of amides is 1. The highest BCUT2D eigenvalue weighted by molar-refractivity contribution is 6.21. The fourth-order valence-electron chi connectivity index (χ4n) is 1.85. The molecule has 0 saturated heterocycles. The van der Waals surface area contributed by atoms with Crippen molar-refractivity contribution in [2.45, 2.75) is 6.61 Å². The molecule has 0 spiro atoms. The van der Waals surface area contributed by atoms with Gasteiger partial charge in [0, 0.05) is 5.57 Å². The van der Waals surface area contributed by atoms with E-state index in [2.05, 4.69) is 4.99 Å². The minimum atomic E-state index is -0.315.